The fraction of sp³-hybridized carbons (Fsp3) is 0.778. The molecule has 0 spiro atoms. The highest BCUT2D eigenvalue weighted by Gasteiger charge is 2.36. The van der Waals surface area contributed by atoms with Gasteiger partial charge in [0.25, 0.3) is 0 Å². The van der Waals surface area contributed by atoms with E-state index >= 15 is 0 Å². The van der Waals surface area contributed by atoms with Gasteiger partial charge in [0.15, 0.2) is 6.04 Å². The third-order valence-electron chi connectivity index (χ3n) is 2.48. The van der Waals surface area contributed by atoms with Crippen molar-refractivity contribution in [3.05, 3.63) is 0 Å². The Balaban J connectivity index is 2.68. The number of amides is 1. The van der Waals surface area contributed by atoms with Gasteiger partial charge in [-0.1, -0.05) is 0 Å². The van der Waals surface area contributed by atoms with Crippen LogP contribution in [0.4, 0.5) is 0 Å². The molecule has 0 aromatic rings. The molecule has 0 aliphatic carbocycles. The Morgan fingerprint density at radius 2 is 2.29 bits per heavy atom. The number of carbonyl (C=O) groups is 2. The van der Waals surface area contributed by atoms with Crippen LogP contribution in [-0.2, 0) is 14.3 Å². The van der Waals surface area contributed by atoms with Crippen LogP contribution in [0.15, 0.2) is 0 Å². The fourth-order valence-corrected chi connectivity index (χ4v) is 1.73. The number of ether oxygens (including phenoxy) is 1. The van der Waals surface area contributed by atoms with Gasteiger partial charge in [-0.05, 0) is 19.8 Å². The standard InChI is InChI=1S/C9H15NO4/c1-6-3-4-7(14-6)8(9(12)13)10(2)5-11/h5-8H,3-4H2,1-2H3,(H,12,13). The Bertz CT molecular complexity index is 231. The summed E-state index contributed by atoms with van der Waals surface area (Å²) in [7, 11) is 1.46. The molecule has 1 saturated heterocycles. The second kappa shape index (κ2) is 4.41. The highest BCUT2D eigenvalue weighted by molar-refractivity contribution is 5.77. The molecule has 1 N–H and O–H groups in total. The van der Waals surface area contributed by atoms with Crippen LogP contribution >= 0.6 is 0 Å². The van der Waals surface area contributed by atoms with Crippen LogP contribution in [0.1, 0.15) is 19.8 Å². The quantitative estimate of drug-likeness (QED) is 0.655. The number of likely N-dealkylation sites (N-methyl/N-ethyl adjacent to an activating group) is 1. The van der Waals surface area contributed by atoms with Crippen LogP contribution in [-0.4, -0.2) is 47.7 Å². The molecule has 5 nitrogen and oxygen atoms in total. The van der Waals surface area contributed by atoms with Crippen molar-refractivity contribution >= 4 is 12.4 Å². The summed E-state index contributed by atoms with van der Waals surface area (Å²) in [5.74, 6) is -1.02. The zero-order valence-corrected chi connectivity index (χ0v) is 8.34. The van der Waals surface area contributed by atoms with Crippen molar-refractivity contribution in [1.29, 1.82) is 0 Å². The van der Waals surface area contributed by atoms with Gasteiger partial charge in [0, 0.05) is 7.05 Å². The second-order valence-electron chi connectivity index (χ2n) is 3.62. The minimum absolute atomic E-state index is 0.0851. The zero-order chi connectivity index (χ0) is 10.7. The van der Waals surface area contributed by atoms with Gasteiger partial charge in [-0.3, -0.25) is 4.79 Å². The Morgan fingerprint density at radius 1 is 1.64 bits per heavy atom. The summed E-state index contributed by atoms with van der Waals surface area (Å²) in [6.45, 7) is 1.90. The molecule has 5 heteroatoms. The average Bonchev–Trinajstić information content (AvgIpc) is 2.51. The summed E-state index contributed by atoms with van der Waals surface area (Å²) in [5.41, 5.74) is 0. The van der Waals surface area contributed by atoms with E-state index < -0.39 is 12.0 Å². The van der Waals surface area contributed by atoms with Gasteiger partial charge in [-0.2, -0.15) is 0 Å². The normalized spacial score (nSPS) is 28.4. The number of aliphatic carboxylic acids is 1. The lowest BCUT2D eigenvalue weighted by atomic mass is 10.1. The van der Waals surface area contributed by atoms with E-state index in [2.05, 4.69) is 0 Å². The van der Waals surface area contributed by atoms with Gasteiger partial charge in [0.2, 0.25) is 6.41 Å². The zero-order valence-electron chi connectivity index (χ0n) is 8.34. The largest absolute Gasteiger partial charge is 0.480 e. The van der Waals surface area contributed by atoms with Crippen LogP contribution < -0.4 is 0 Å². The molecule has 0 bridgehead atoms. The number of hydrogen-bond acceptors (Lipinski definition) is 3. The Labute approximate surface area is 82.6 Å². The van der Waals surface area contributed by atoms with Gasteiger partial charge in [-0.25, -0.2) is 4.79 Å². The smallest absolute Gasteiger partial charge is 0.329 e. The van der Waals surface area contributed by atoms with Crippen LogP contribution in [0.2, 0.25) is 0 Å². The first-order valence-electron chi connectivity index (χ1n) is 4.61. The average molecular weight is 201 g/mol. The number of rotatable bonds is 4. The van der Waals surface area contributed by atoms with Crippen molar-refractivity contribution in [2.45, 2.75) is 38.0 Å². The summed E-state index contributed by atoms with van der Waals surface area (Å²) in [6, 6.07) is -0.863. The lowest BCUT2D eigenvalue weighted by Gasteiger charge is -2.25. The molecular formula is C9H15NO4. The first-order chi connectivity index (χ1) is 6.56. The molecule has 0 aromatic heterocycles. The molecule has 0 aromatic carbocycles. The van der Waals surface area contributed by atoms with Crippen molar-refractivity contribution < 1.29 is 19.4 Å². The van der Waals surface area contributed by atoms with Crippen LogP contribution in [0.25, 0.3) is 0 Å². The summed E-state index contributed by atoms with van der Waals surface area (Å²) in [6.07, 6.45) is 1.77. The number of carboxylic acid groups (broad SMARTS) is 1. The van der Waals surface area contributed by atoms with Crippen molar-refractivity contribution in [3.63, 3.8) is 0 Å². The molecule has 3 unspecified atom stereocenters. The SMILES string of the molecule is CC1CCC(C(C(=O)O)N(C)C=O)O1. The number of carbonyl (C=O) groups excluding carboxylic acids is 1. The molecule has 1 rings (SSSR count). The summed E-state index contributed by atoms with van der Waals surface area (Å²) in [5, 5.41) is 8.94. The minimum Gasteiger partial charge on any atom is -0.480 e. The van der Waals surface area contributed by atoms with E-state index in [9.17, 15) is 9.59 Å². The number of hydrogen-bond donors (Lipinski definition) is 1. The second-order valence-corrected chi connectivity index (χ2v) is 3.62. The third-order valence-corrected chi connectivity index (χ3v) is 2.48. The molecule has 14 heavy (non-hydrogen) atoms. The van der Waals surface area contributed by atoms with Crippen molar-refractivity contribution in [2.75, 3.05) is 7.05 Å². The number of carboxylic acids is 1. The highest BCUT2D eigenvalue weighted by atomic mass is 16.5. The van der Waals surface area contributed by atoms with Crippen LogP contribution in [0.3, 0.4) is 0 Å². The topological polar surface area (TPSA) is 66.8 Å². The molecule has 80 valence electrons. The minimum atomic E-state index is -1.02. The van der Waals surface area contributed by atoms with E-state index in [1.165, 1.54) is 7.05 Å². The van der Waals surface area contributed by atoms with Crippen LogP contribution in [0, 0.1) is 0 Å². The van der Waals surface area contributed by atoms with Gasteiger partial charge in [-0.15, -0.1) is 0 Å². The van der Waals surface area contributed by atoms with Gasteiger partial charge < -0.3 is 14.7 Å². The predicted octanol–water partition coefficient (Wildman–Crippen LogP) is 0.0953. The van der Waals surface area contributed by atoms with E-state index in [0.29, 0.717) is 12.8 Å². The van der Waals surface area contributed by atoms with E-state index in [-0.39, 0.29) is 12.2 Å². The first-order valence-corrected chi connectivity index (χ1v) is 4.61. The summed E-state index contributed by atoms with van der Waals surface area (Å²) >= 11 is 0. The van der Waals surface area contributed by atoms with Gasteiger partial charge in [0.1, 0.15) is 0 Å². The maximum atomic E-state index is 10.9. The Morgan fingerprint density at radius 3 is 2.64 bits per heavy atom. The number of nitrogens with zero attached hydrogens (tertiary/aromatic N) is 1. The monoisotopic (exact) mass is 201 g/mol. The molecular weight excluding hydrogens is 186 g/mol. The molecule has 0 radical (unpaired) electrons. The van der Waals surface area contributed by atoms with Crippen LogP contribution in [0.5, 0.6) is 0 Å². The highest BCUT2D eigenvalue weighted by Crippen LogP contribution is 2.23. The Hall–Kier alpha value is -1.10. The maximum absolute atomic E-state index is 10.9. The molecule has 3 atom stereocenters. The third kappa shape index (κ3) is 2.23. The molecule has 1 aliphatic rings. The van der Waals surface area contributed by atoms with E-state index in [1.54, 1.807) is 0 Å². The summed E-state index contributed by atoms with van der Waals surface area (Å²) in [4.78, 5) is 22.6. The lowest BCUT2D eigenvalue weighted by molar-refractivity contribution is -0.151. The van der Waals surface area contributed by atoms with E-state index in [1.807, 2.05) is 6.92 Å². The maximum Gasteiger partial charge on any atom is 0.329 e. The lowest BCUT2D eigenvalue weighted by Crippen LogP contribution is -2.46. The summed E-state index contributed by atoms with van der Waals surface area (Å²) < 4.78 is 5.43. The molecule has 1 aliphatic heterocycles. The molecule has 1 heterocycles. The van der Waals surface area contributed by atoms with E-state index in [4.69, 9.17) is 9.84 Å². The van der Waals surface area contributed by atoms with Crippen molar-refractivity contribution in [2.24, 2.45) is 0 Å². The van der Waals surface area contributed by atoms with E-state index in [0.717, 1.165) is 11.3 Å². The molecule has 0 saturated carbocycles. The van der Waals surface area contributed by atoms with Gasteiger partial charge >= 0.3 is 5.97 Å². The first kappa shape index (κ1) is 11.0. The van der Waals surface area contributed by atoms with Gasteiger partial charge in [0.05, 0.1) is 12.2 Å². The predicted molar refractivity (Wildman–Crippen MR) is 48.8 cm³/mol. The van der Waals surface area contributed by atoms with Crippen molar-refractivity contribution in [1.82, 2.24) is 4.90 Å². The Kier molecular flexibility index (Phi) is 3.46. The fourth-order valence-electron chi connectivity index (χ4n) is 1.73. The molecule has 1 amide bonds. The molecule has 1 fully saturated rings. The van der Waals surface area contributed by atoms with Crippen molar-refractivity contribution in [3.8, 4) is 0 Å².